The molecular formula is C10H12NaO5P. The molecule has 0 saturated heterocycles. The van der Waals surface area contributed by atoms with E-state index in [9.17, 15) is 4.57 Å². The van der Waals surface area contributed by atoms with Crippen molar-refractivity contribution in [3.8, 4) is 5.75 Å². The zero-order chi connectivity index (χ0) is 10.9. The Labute approximate surface area is 122 Å². The Morgan fingerprint density at radius 3 is 2.29 bits per heavy atom. The molecule has 17 heavy (non-hydrogen) atoms. The average Bonchev–Trinajstić information content (AvgIpc) is 2.16. The maximum atomic E-state index is 10.7. The quantitative estimate of drug-likeness (QED) is 0.516. The minimum absolute atomic E-state index is 0. The molecule has 0 radical (unpaired) electrons. The number of hydrogen-bond donors (Lipinski definition) is 2. The molecule has 0 bridgehead atoms. The first-order valence-corrected chi connectivity index (χ1v) is 5.82. The molecule has 0 atom stereocenters. The molecule has 0 amide bonds. The van der Waals surface area contributed by atoms with E-state index in [0.717, 1.165) is 5.39 Å². The number of phosphoric ester groups is 1. The second-order valence-electron chi connectivity index (χ2n) is 3.06. The molecule has 0 spiro atoms. The van der Waals surface area contributed by atoms with Gasteiger partial charge in [-0.2, -0.15) is 0 Å². The van der Waals surface area contributed by atoms with E-state index in [4.69, 9.17) is 9.79 Å². The van der Waals surface area contributed by atoms with E-state index < -0.39 is 7.82 Å². The standard InChI is InChI=1S/C10H9O4P.Na.H2O.H/c11-15(12,13)14-10-7-3-5-8-4-1-2-6-9(8)10;;;/h1-7H,(H2,11,12,13);;1H2;/q;+1;;-1. The summed E-state index contributed by atoms with van der Waals surface area (Å²) in [6, 6.07) is 12.3. The summed E-state index contributed by atoms with van der Waals surface area (Å²) in [5.74, 6) is 0.196. The molecule has 0 heterocycles. The maximum Gasteiger partial charge on any atom is 1.00 e. The third-order valence-corrected chi connectivity index (χ3v) is 2.40. The molecule has 0 fully saturated rings. The Balaban J connectivity index is 0. The van der Waals surface area contributed by atoms with E-state index in [2.05, 4.69) is 4.52 Å². The summed E-state index contributed by atoms with van der Waals surface area (Å²) in [5.41, 5.74) is 0. The minimum atomic E-state index is -4.49. The first-order valence-electron chi connectivity index (χ1n) is 4.29. The van der Waals surface area contributed by atoms with Crippen molar-refractivity contribution in [3.05, 3.63) is 42.5 Å². The van der Waals surface area contributed by atoms with Crippen LogP contribution in [-0.4, -0.2) is 15.3 Å². The van der Waals surface area contributed by atoms with Gasteiger partial charge in [0.1, 0.15) is 5.75 Å². The third kappa shape index (κ3) is 4.41. The second kappa shape index (κ2) is 6.52. The van der Waals surface area contributed by atoms with E-state index in [0.29, 0.717) is 5.39 Å². The van der Waals surface area contributed by atoms with Gasteiger partial charge in [-0.1, -0.05) is 36.4 Å². The maximum absolute atomic E-state index is 10.7. The van der Waals surface area contributed by atoms with E-state index in [1.807, 2.05) is 18.2 Å². The minimum Gasteiger partial charge on any atom is -1.00 e. The Morgan fingerprint density at radius 2 is 1.65 bits per heavy atom. The molecular weight excluding hydrogens is 254 g/mol. The van der Waals surface area contributed by atoms with Crippen LogP contribution in [0.3, 0.4) is 0 Å². The van der Waals surface area contributed by atoms with Gasteiger partial charge in [0.15, 0.2) is 0 Å². The number of benzene rings is 2. The fraction of sp³-hybridized carbons (Fsp3) is 0. The normalized spacial score (nSPS) is 10.2. The van der Waals surface area contributed by atoms with Crippen LogP contribution in [0, 0.1) is 0 Å². The Hall–Kier alpha value is -0.390. The summed E-state index contributed by atoms with van der Waals surface area (Å²) >= 11 is 0. The second-order valence-corrected chi connectivity index (χ2v) is 4.22. The van der Waals surface area contributed by atoms with Crippen molar-refractivity contribution < 1.29 is 55.3 Å². The zero-order valence-corrected chi connectivity index (χ0v) is 12.1. The molecule has 0 aromatic heterocycles. The van der Waals surface area contributed by atoms with Gasteiger partial charge in [-0.15, -0.1) is 0 Å². The largest absolute Gasteiger partial charge is 1.00 e. The van der Waals surface area contributed by atoms with Crippen LogP contribution in [0.15, 0.2) is 42.5 Å². The molecule has 2 rings (SSSR count). The van der Waals surface area contributed by atoms with E-state index >= 15 is 0 Å². The van der Waals surface area contributed by atoms with Gasteiger partial charge in [-0.25, -0.2) is 4.57 Å². The number of hydrogen-bond acceptors (Lipinski definition) is 2. The molecule has 7 heteroatoms. The summed E-state index contributed by atoms with van der Waals surface area (Å²) in [4.78, 5) is 17.4. The van der Waals surface area contributed by atoms with Gasteiger partial charge in [0.25, 0.3) is 0 Å². The summed E-state index contributed by atoms with van der Waals surface area (Å²) in [6.07, 6.45) is 0. The van der Waals surface area contributed by atoms with Crippen LogP contribution < -0.4 is 34.1 Å². The number of rotatable bonds is 2. The van der Waals surface area contributed by atoms with Crippen LogP contribution in [0.25, 0.3) is 10.8 Å². The van der Waals surface area contributed by atoms with Gasteiger partial charge in [0, 0.05) is 5.39 Å². The predicted molar refractivity (Wildman–Crippen MR) is 61.3 cm³/mol. The van der Waals surface area contributed by atoms with Crippen LogP contribution in [0.4, 0.5) is 0 Å². The smallest absolute Gasteiger partial charge is 1.00 e. The van der Waals surface area contributed by atoms with Gasteiger partial charge < -0.3 is 11.4 Å². The van der Waals surface area contributed by atoms with Gasteiger partial charge in [-0.3, -0.25) is 9.79 Å². The molecule has 0 saturated carbocycles. The van der Waals surface area contributed by atoms with Crippen molar-refractivity contribution in [2.45, 2.75) is 0 Å². The van der Waals surface area contributed by atoms with E-state index in [1.165, 1.54) is 6.07 Å². The molecule has 2 aromatic rings. The SMILES string of the molecule is O.O=P(O)(O)Oc1cccc2ccccc12.[H-].[Na+]. The van der Waals surface area contributed by atoms with Gasteiger partial charge in [-0.05, 0) is 11.5 Å². The summed E-state index contributed by atoms with van der Waals surface area (Å²) < 4.78 is 15.3. The van der Waals surface area contributed by atoms with Crippen molar-refractivity contribution in [2.24, 2.45) is 0 Å². The molecule has 0 unspecified atom stereocenters. The topological polar surface area (TPSA) is 98.3 Å². The molecule has 2 aromatic carbocycles. The fourth-order valence-corrected chi connectivity index (χ4v) is 1.82. The predicted octanol–water partition coefficient (Wildman–Crippen LogP) is -1.40. The first-order chi connectivity index (χ1) is 7.06. The molecule has 88 valence electrons. The molecule has 0 aliphatic rings. The fourth-order valence-electron chi connectivity index (χ4n) is 1.40. The Kier molecular flexibility index (Phi) is 6.37. The van der Waals surface area contributed by atoms with Crippen molar-refractivity contribution >= 4 is 18.6 Å². The van der Waals surface area contributed by atoms with Crippen LogP contribution >= 0.6 is 7.82 Å². The van der Waals surface area contributed by atoms with Crippen LogP contribution in [0.5, 0.6) is 5.75 Å². The van der Waals surface area contributed by atoms with Crippen LogP contribution in [0.1, 0.15) is 1.43 Å². The van der Waals surface area contributed by atoms with Gasteiger partial charge >= 0.3 is 37.4 Å². The van der Waals surface area contributed by atoms with Crippen LogP contribution in [0.2, 0.25) is 0 Å². The molecule has 0 aliphatic heterocycles. The van der Waals surface area contributed by atoms with Crippen molar-refractivity contribution in [1.29, 1.82) is 0 Å². The number of fused-ring (bicyclic) bond motifs is 1. The Morgan fingerprint density at radius 1 is 1.06 bits per heavy atom. The first kappa shape index (κ1) is 16.6. The Bertz CT molecular complexity index is 539. The average molecular weight is 266 g/mol. The monoisotopic (exact) mass is 266 g/mol. The van der Waals surface area contributed by atoms with Crippen molar-refractivity contribution in [3.63, 3.8) is 0 Å². The van der Waals surface area contributed by atoms with E-state index in [1.54, 1.807) is 18.2 Å². The summed E-state index contributed by atoms with van der Waals surface area (Å²) in [6.45, 7) is 0. The van der Waals surface area contributed by atoms with Crippen molar-refractivity contribution in [2.75, 3.05) is 0 Å². The summed E-state index contributed by atoms with van der Waals surface area (Å²) in [5, 5.41) is 1.56. The van der Waals surface area contributed by atoms with Gasteiger partial charge in [0.2, 0.25) is 0 Å². The number of phosphoric acid groups is 1. The molecule has 4 N–H and O–H groups in total. The van der Waals surface area contributed by atoms with Crippen molar-refractivity contribution in [1.82, 2.24) is 0 Å². The zero-order valence-electron chi connectivity index (χ0n) is 10.2. The van der Waals surface area contributed by atoms with E-state index in [-0.39, 0.29) is 42.2 Å². The van der Waals surface area contributed by atoms with Crippen LogP contribution in [-0.2, 0) is 4.57 Å². The van der Waals surface area contributed by atoms with Gasteiger partial charge in [0.05, 0.1) is 0 Å². The summed E-state index contributed by atoms with van der Waals surface area (Å²) in [7, 11) is -4.49. The third-order valence-electron chi connectivity index (χ3n) is 1.97. The molecule has 5 nitrogen and oxygen atoms in total. The molecule has 0 aliphatic carbocycles.